The van der Waals surface area contributed by atoms with Gasteiger partial charge in [-0.15, -0.1) is 0 Å². The van der Waals surface area contributed by atoms with Crippen LogP contribution in [-0.4, -0.2) is 10.1 Å². The van der Waals surface area contributed by atoms with E-state index in [0.717, 1.165) is 11.1 Å². The number of hydrogen-bond donors (Lipinski definition) is 1. The standard InChI is InChI=1S/C15H12FN3O/c1-9-6-11(8-12(16)7-9)14-13(15(17)19-20-14)10-2-4-18-5-3-10/h2-8H,1H3,(H2,17,19). The van der Waals surface area contributed by atoms with Crippen LogP contribution in [0.4, 0.5) is 10.2 Å². The van der Waals surface area contributed by atoms with Crippen molar-refractivity contribution in [2.45, 2.75) is 6.92 Å². The van der Waals surface area contributed by atoms with E-state index in [0.29, 0.717) is 16.9 Å². The van der Waals surface area contributed by atoms with Gasteiger partial charge in [0.2, 0.25) is 0 Å². The molecule has 3 aromatic rings. The molecule has 0 saturated carbocycles. The summed E-state index contributed by atoms with van der Waals surface area (Å²) in [4.78, 5) is 3.96. The van der Waals surface area contributed by atoms with Crippen molar-refractivity contribution in [3.8, 4) is 22.5 Å². The molecule has 4 nitrogen and oxygen atoms in total. The SMILES string of the molecule is Cc1cc(F)cc(-c2onc(N)c2-c2ccncc2)c1. The lowest BCUT2D eigenvalue weighted by atomic mass is 10.0. The number of nitrogen functional groups attached to an aromatic ring is 1. The number of anilines is 1. The third-order valence-electron chi connectivity index (χ3n) is 2.99. The number of nitrogens with zero attached hydrogens (tertiary/aromatic N) is 2. The van der Waals surface area contributed by atoms with Crippen molar-refractivity contribution < 1.29 is 8.91 Å². The first kappa shape index (κ1) is 12.3. The molecule has 0 aliphatic heterocycles. The molecule has 2 heterocycles. The fraction of sp³-hybridized carbons (Fsp3) is 0.0667. The molecule has 0 atom stereocenters. The zero-order valence-corrected chi connectivity index (χ0v) is 10.8. The van der Waals surface area contributed by atoms with Gasteiger partial charge in [-0.25, -0.2) is 4.39 Å². The topological polar surface area (TPSA) is 64.9 Å². The number of halogens is 1. The van der Waals surface area contributed by atoms with E-state index in [9.17, 15) is 4.39 Å². The molecule has 0 fully saturated rings. The van der Waals surface area contributed by atoms with Gasteiger partial charge in [-0.3, -0.25) is 4.98 Å². The van der Waals surface area contributed by atoms with E-state index < -0.39 is 0 Å². The third-order valence-corrected chi connectivity index (χ3v) is 2.99. The minimum atomic E-state index is -0.323. The Bertz CT molecular complexity index is 733. The molecule has 0 amide bonds. The van der Waals surface area contributed by atoms with Crippen molar-refractivity contribution >= 4 is 5.82 Å². The molecule has 2 N–H and O–H groups in total. The molecular weight excluding hydrogens is 257 g/mol. The number of rotatable bonds is 2. The molecule has 0 unspecified atom stereocenters. The summed E-state index contributed by atoms with van der Waals surface area (Å²) in [6.07, 6.45) is 3.31. The van der Waals surface area contributed by atoms with Gasteiger partial charge in [0.05, 0.1) is 5.56 Å². The minimum Gasteiger partial charge on any atom is -0.380 e. The van der Waals surface area contributed by atoms with Crippen LogP contribution in [0.1, 0.15) is 5.56 Å². The number of hydrogen-bond acceptors (Lipinski definition) is 4. The van der Waals surface area contributed by atoms with Crippen LogP contribution in [0.15, 0.2) is 47.2 Å². The monoisotopic (exact) mass is 269 g/mol. The molecule has 20 heavy (non-hydrogen) atoms. The van der Waals surface area contributed by atoms with Crippen LogP contribution in [0.5, 0.6) is 0 Å². The Labute approximate surface area is 115 Å². The van der Waals surface area contributed by atoms with E-state index in [1.807, 2.05) is 13.0 Å². The van der Waals surface area contributed by atoms with Crippen LogP contribution in [-0.2, 0) is 0 Å². The van der Waals surface area contributed by atoms with Gasteiger partial charge >= 0.3 is 0 Å². The summed E-state index contributed by atoms with van der Waals surface area (Å²) in [7, 11) is 0. The molecule has 0 saturated heterocycles. The van der Waals surface area contributed by atoms with Crippen molar-refractivity contribution in [2.75, 3.05) is 5.73 Å². The zero-order valence-electron chi connectivity index (χ0n) is 10.8. The van der Waals surface area contributed by atoms with Crippen LogP contribution < -0.4 is 5.73 Å². The van der Waals surface area contributed by atoms with Gasteiger partial charge in [0.25, 0.3) is 0 Å². The average Bonchev–Trinajstić information content (AvgIpc) is 2.80. The Morgan fingerprint density at radius 3 is 2.55 bits per heavy atom. The molecule has 0 aliphatic rings. The summed E-state index contributed by atoms with van der Waals surface area (Å²) >= 11 is 0. The van der Waals surface area contributed by atoms with E-state index >= 15 is 0 Å². The number of nitrogens with two attached hydrogens (primary N) is 1. The predicted molar refractivity (Wildman–Crippen MR) is 74.3 cm³/mol. The lowest BCUT2D eigenvalue weighted by Crippen LogP contribution is -1.89. The highest BCUT2D eigenvalue weighted by Gasteiger charge is 2.18. The molecule has 0 radical (unpaired) electrons. The van der Waals surface area contributed by atoms with Gasteiger partial charge in [-0.1, -0.05) is 5.16 Å². The molecule has 3 rings (SSSR count). The van der Waals surface area contributed by atoms with Crippen molar-refractivity contribution in [3.63, 3.8) is 0 Å². The van der Waals surface area contributed by atoms with Crippen molar-refractivity contribution in [1.29, 1.82) is 0 Å². The van der Waals surface area contributed by atoms with Crippen LogP contribution in [0.25, 0.3) is 22.5 Å². The molecule has 100 valence electrons. The first-order valence-corrected chi connectivity index (χ1v) is 6.08. The lowest BCUT2D eigenvalue weighted by Gasteiger charge is -2.04. The number of benzene rings is 1. The maximum Gasteiger partial charge on any atom is 0.177 e. The molecule has 0 spiro atoms. The lowest BCUT2D eigenvalue weighted by molar-refractivity contribution is 0.435. The van der Waals surface area contributed by atoms with Crippen molar-refractivity contribution in [3.05, 3.63) is 54.1 Å². The zero-order chi connectivity index (χ0) is 14.1. The molecule has 0 aliphatic carbocycles. The van der Waals surface area contributed by atoms with Gasteiger partial charge in [0, 0.05) is 18.0 Å². The van der Waals surface area contributed by atoms with E-state index in [1.54, 1.807) is 24.5 Å². The van der Waals surface area contributed by atoms with Crippen molar-refractivity contribution in [1.82, 2.24) is 10.1 Å². The van der Waals surface area contributed by atoms with E-state index in [4.69, 9.17) is 10.3 Å². The average molecular weight is 269 g/mol. The second-order valence-corrected chi connectivity index (χ2v) is 4.53. The van der Waals surface area contributed by atoms with Crippen LogP contribution >= 0.6 is 0 Å². The Balaban J connectivity index is 2.21. The summed E-state index contributed by atoms with van der Waals surface area (Å²) in [5.74, 6) is 0.403. The smallest absolute Gasteiger partial charge is 0.177 e. The Kier molecular flexibility index (Phi) is 2.95. The van der Waals surface area contributed by atoms with Crippen molar-refractivity contribution in [2.24, 2.45) is 0 Å². The fourth-order valence-electron chi connectivity index (χ4n) is 2.16. The highest BCUT2D eigenvalue weighted by molar-refractivity contribution is 5.86. The Morgan fingerprint density at radius 1 is 1.10 bits per heavy atom. The fourth-order valence-corrected chi connectivity index (χ4v) is 2.16. The summed E-state index contributed by atoms with van der Waals surface area (Å²) in [6, 6.07) is 8.29. The molecule has 0 bridgehead atoms. The van der Waals surface area contributed by atoms with Crippen LogP contribution in [0, 0.1) is 12.7 Å². The summed E-state index contributed by atoms with van der Waals surface area (Å²) in [6.45, 7) is 1.82. The number of aryl methyl sites for hydroxylation is 1. The maximum absolute atomic E-state index is 13.6. The highest BCUT2D eigenvalue weighted by atomic mass is 19.1. The van der Waals surface area contributed by atoms with Crippen LogP contribution in [0.3, 0.4) is 0 Å². The van der Waals surface area contributed by atoms with E-state index in [-0.39, 0.29) is 11.6 Å². The highest BCUT2D eigenvalue weighted by Crippen LogP contribution is 2.36. The first-order chi connectivity index (χ1) is 9.65. The van der Waals surface area contributed by atoms with Gasteiger partial charge in [0.1, 0.15) is 5.82 Å². The Hall–Kier alpha value is -2.69. The van der Waals surface area contributed by atoms with E-state index in [2.05, 4.69) is 10.1 Å². The molecular formula is C15H12FN3O. The van der Waals surface area contributed by atoms with Gasteiger partial charge in [0.15, 0.2) is 11.6 Å². The summed E-state index contributed by atoms with van der Waals surface area (Å²) in [5.41, 5.74) is 8.76. The maximum atomic E-state index is 13.6. The first-order valence-electron chi connectivity index (χ1n) is 6.08. The Morgan fingerprint density at radius 2 is 1.85 bits per heavy atom. The quantitative estimate of drug-likeness (QED) is 0.774. The second kappa shape index (κ2) is 4.77. The molecule has 1 aromatic carbocycles. The van der Waals surface area contributed by atoms with Crippen LogP contribution in [0.2, 0.25) is 0 Å². The second-order valence-electron chi connectivity index (χ2n) is 4.53. The number of pyridine rings is 1. The summed E-state index contributed by atoms with van der Waals surface area (Å²) in [5, 5.41) is 3.79. The molecule has 5 heteroatoms. The largest absolute Gasteiger partial charge is 0.380 e. The summed E-state index contributed by atoms with van der Waals surface area (Å²) < 4.78 is 18.8. The molecule has 2 aromatic heterocycles. The van der Waals surface area contributed by atoms with Gasteiger partial charge in [-0.05, 0) is 48.4 Å². The number of aromatic nitrogens is 2. The van der Waals surface area contributed by atoms with Gasteiger partial charge < -0.3 is 10.3 Å². The van der Waals surface area contributed by atoms with Gasteiger partial charge in [-0.2, -0.15) is 0 Å². The van der Waals surface area contributed by atoms with E-state index in [1.165, 1.54) is 12.1 Å². The minimum absolute atomic E-state index is 0.271. The third kappa shape index (κ3) is 2.14. The predicted octanol–water partition coefficient (Wildman–Crippen LogP) is 3.43. The normalized spacial score (nSPS) is 10.7.